The lowest BCUT2D eigenvalue weighted by Crippen LogP contribution is -2.42. The van der Waals surface area contributed by atoms with Crippen LogP contribution in [0.15, 0.2) is 0 Å². The molecule has 0 aromatic carbocycles. The van der Waals surface area contributed by atoms with Gasteiger partial charge in [0.05, 0.1) is 6.42 Å². The van der Waals surface area contributed by atoms with Crippen molar-refractivity contribution >= 4 is 11.9 Å². The summed E-state index contributed by atoms with van der Waals surface area (Å²) in [6.07, 6.45) is 2.77. The molecule has 0 spiro atoms. The standard InChI is InChI=1S/C11H19NO4/c1-2-4-8(7-10(13)14)12-11(15)9-5-3-6-16-9/h8-9H,2-7H2,1H3,(H,12,15)(H,13,14)/t8?,9-/m0/s1. The van der Waals surface area contributed by atoms with Gasteiger partial charge in [-0.2, -0.15) is 0 Å². The van der Waals surface area contributed by atoms with E-state index in [1.54, 1.807) is 0 Å². The number of hydrogen-bond acceptors (Lipinski definition) is 3. The van der Waals surface area contributed by atoms with Crippen LogP contribution >= 0.6 is 0 Å². The number of carbonyl (C=O) groups is 2. The molecule has 1 heterocycles. The Kier molecular flexibility index (Phi) is 5.25. The van der Waals surface area contributed by atoms with Crippen LogP contribution in [0, 0.1) is 0 Å². The first-order chi connectivity index (χ1) is 7.63. The fraction of sp³-hybridized carbons (Fsp3) is 0.818. The van der Waals surface area contributed by atoms with E-state index in [9.17, 15) is 9.59 Å². The predicted octanol–water partition coefficient (Wildman–Crippen LogP) is 0.925. The number of carboxylic acids is 1. The molecule has 0 bridgehead atoms. The van der Waals surface area contributed by atoms with Crippen LogP contribution < -0.4 is 5.32 Å². The van der Waals surface area contributed by atoms with E-state index in [-0.39, 0.29) is 24.5 Å². The van der Waals surface area contributed by atoms with Crippen LogP contribution in [0.4, 0.5) is 0 Å². The van der Waals surface area contributed by atoms with Gasteiger partial charge in [-0.05, 0) is 19.3 Å². The number of rotatable bonds is 6. The molecule has 0 radical (unpaired) electrons. The average molecular weight is 229 g/mol. The van der Waals surface area contributed by atoms with E-state index in [4.69, 9.17) is 9.84 Å². The lowest BCUT2D eigenvalue weighted by Gasteiger charge is -2.18. The summed E-state index contributed by atoms with van der Waals surface area (Å²) in [6.45, 7) is 2.59. The summed E-state index contributed by atoms with van der Waals surface area (Å²) in [7, 11) is 0. The van der Waals surface area contributed by atoms with E-state index in [0.717, 1.165) is 19.3 Å². The van der Waals surface area contributed by atoms with Gasteiger partial charge in [0.25, 0.3) is 0 Å². The Balaban J connectivity index is 2.39. The fourth-order valence-corrected chi connectivity index (χ4v) is 1.86. The van der Waals surface area contributed by atoms with Crippen LogP contribution in [0.5, 0.6) is 0 Å². The lowest BCUT2D eigenvalue weighted by molar-refractivity contribution is -0.138. The first kappa shape index (κ1) is 13.0. The molecule has 1 aliphatic rings. The second-order valence-corrected chi connectivity index (χ2v) is 4.09. The summed E-state index contributed by atoms with van der Waals surface area (Å²) in [5.74, 6) is -1.05. The first-order valence-electron chi connectivity index (χ1n) is 5.77. The zero-order valence-electron chi connectivity index (χ0n) is 9.57. The van der Waals surface area contributed by atoms with Crippen molar-refractivity contribution in [2.45, 2.75) is 51.2 Å². The van der Waals surface area contributed by atoms with Crippen molar-refractivity contribution in [3.05, 3.63) is 0 Å². The van der Waals surface area contributed by atoms with Gasteiger partial charge in [-0.3, -0.25) is 9.59 Å². The third-order valence-corrected chi connectivity index (χ3v) is 2.63. The molecule has 5 nitrogen and oxygen atoms in total. The average Bonchev–Trinajstić information content (AvgIpc) is 2.69. The maximum absolute atomic E-state index is 11.7. The van der Waals surface area contributed by atoms with Crippen molar-refractivity contribution in [3.63, 3.8) is 0 Å². The third-order valence-electron chi connectivity index (χ3n) is 2.63. The maximum atomic E-state index is 11.7. The Labute approximate surface area is 95.2 Å². The molecule has 2 atom stereocenters. The Bertz CT molecular complexity index is 248. The van der Waals surface area contributed by atoms with Crippen molar-refractivity contribution in [2.24, 2.45) is 0 Å². The summed E-state index contributed by atoms with van der Waals surface area (Å²) in [6, 6.07) is -0.279. The van der Waals surface area contributed by atoms with E-state index >= 15 is 0 Å². The molecular weight excluding hydrogens is 210 g/mol. The first-order valence-corrected chi connectivity index (χ1v) is 5.77. The third kappa shape index (κ3) is 4.18. The zero-order chi connectivity index (χ0) is 12.0. The molecule has 92 valence electrons. The molecule has 5 heteroatoms. The second-order valence-electron chi connectivity index (χ2n) is 4.09. The minimum absolute atomic E-state index is 0.0215. The van der Waals surface area contributed by atoms with Crippen LogP contribution in [0.3, 0.4) is 0 Å². The second kappa shape index (κ2) is 6.48. The maximum Gasteiger partial charge on any atom is 0.305 e. The van der Waals surface area contributed by atoms with E-state index < -0.39 is 5.97 Å². The Morgan fingerprint density at radius 1 is 1.56 bits per heavy atom. The molecular formula is C11H19NO4. The minimum atomic E-state index is -0.883. The lowest BCUT2D eigenvalue weighted by atomic mass is 10.1. The summed E-state index contributed by atoms with van der Waals surface area (Å²) < 4.78 is 5.24. The Morgan fingerprint density at radius 3 is 2.81 bits per heavy atom. The number of carboxylic acid groups (broad SMARTS) is 1. The van der Waals surface area contributed by atoms with Gasteiger partial charge >= 0.3 is 5.97 Å². The highest BCUT2D eigenvalue weighted by Gasteiger charge is 2.25. The number of carbonyl (C=O) groups excluding carboxylic acids is 1. The molecule has 1 unspecified atom stereocenters. The van der Waals surface area contributed by atoms with Gasteiger partial charge in [0.1, 0.15) is 6.10 Å². The van der Waals surface area contributed by atoms with Gasteiger partial charge in [-0.25, -0.2) is 0 Å². The summed E-state index contributed by atoms with van der Waals surface area (Å²) in [5, 5.41) is 11.5. The van der Waals surface area contributed by atoms with E-state index in [1.807, 2.05) is 6.92 Å². The number of ether oxygens (including phenoxy) is 1. The highest BCUT2D eigenvalue weighted by molar-refractivity contribution is 5.81. The molecule has 0 aromatic heterocycles. The van der Waals surface area contributed by atoms with E-state index in [2.05, 4.69) is 5.32 Å². The van der Waals surface area contributed by atoms with Crippen molar-refractivity contribution in [2.75, 3.05) is 6.61 Å². The van der Waals surface area contributed by atoms with Crippen LogP contribution in [0.25, 0.3) is 0 Å². The summed E-state index contributed by atoms with van der Waals surface area (Å²) in [5.41, 5.74) is 0. The minimum Gasteiger partial charge on any atom is -0.481 e. The van der Waals surface area contributed by atoms with Gasteiger partial charge in [-0.15, -0.1) is 0 Å². The molecule has 16 heavy (non-hydrogen) atoms. The fourth-order valence-electron chi connectivity index (χ4n) is 1.86. The highest BCUT2D eigenvalue weighted by Crippen LogP contribution is 2.13. The van der Waals surface area contributed by atoms with Crippen molar-refractivity contribution in [1.82, 2.24) is 5.32 Å². The Morgan fingerprint density at radius 2 is 2.31 bits per heavy atom. The largest absolute Gasteiger partial charge is 0.481 e. The quantitative estimate of drug-likeness (QED) is 0.710. The predicted molar refractivity (Wildman–Crippen MR) is 58.1 cm³/mol. The van der Waals surface area contributed by atoms with E-state index in [1.165, 1.54) is 0 Å². The van der Waals surface area contributed by atoms with Crippen LogP contribution in [-0.2, 0) is 14.3 Å². The van der Waals surface area contributed by atoms with Crippen LogP contribution in [0.2, 0.25) is 0 Å². The van der Waals surface area contributed by atoms with Gasteiger partial charge in [0, 0.05) is 12.6 Å². The molecule has 1 saturated heterocycles. The smallest absolute Gasteiger partial charge is 0.305 e. The number of hydrogen-bond donors (Lipinski definition) is 2. The molecule has 2 N–H and O–H groups in total. The number of amides is 1. The van der Waals surface area contributed by atoms with Gasteiger partial charge < -0.3 is 15.2 Å². The highest BCUT2D eigenvalue weighted by atomic mass is 16.5. The molecule has 0 aliphatic carbocycles. The van der Waals surface area contributed by atoms with Crippen LogP contribution in [-0.4, -0.2) is 35.7 Å². The zero-order valence-corrected chi connectivity index (χ0v) is 9.57. The molecule has 0 saturated carbocycles. The monoisotopic (exact) mass is 229 g/mol. The summed E-state index contributed by atoms with van der Waals surface area (Å²) in [4.78, 5) is 22.3. The normalized spacial score (nSPS) is 21.7. The van der Waals surface area contributed by atoms with Crippen molar-refractivity contribution in [3.8, 4) is 0 Å². The van der Waals surface area contributed by atoms with Gasteiger partial charge in [-0.1, -0.05) is 13.3 Å². The van der Waals surface area contributed by atoms with Crippen molar-refractivity contribution < 1.29 is 19.4 Å². The SMILES string of the molecule is CCCC(CC(=O)O)NC(=O)[C@@H]1CCCO1. The number of nitrogens with one attached hydrogen (secondary N) is 1. The topological polar surface area (TPSA) is 75.6 Å². The van der Waals surface area contributed by atoms with E-state index in [0.29, 0.717) is 13.0 Å². The summed E-state index contributed by atoms with van der Waals surface area (Å²) >= 11 is 0. The molecule has 1 fully saturated rings. The van der Waals surface area contributed by atoms with Crippen molar-refractivity contribution in [1.29, 1.82) is 0 Å². The Hall–Kier alpha value is -1.10. The van der Waals surface area contributed by atoms with Gasteiger partial charge in [0.15, 0.2) is 0 Å². The van der Waals surface area contributed by atoms with Gasteiger partial charge in [0.2, 0.25) is 5.91 Å². The number of aliphatic carboxylic acids is 1. The molecule has 0 aromatic rings. The molecule has 1 aliphatic heterocycles. The van der Waals surface area contributed by atoms with Crippen LogP contribution in [0.1, 0.15) is 39.0 Å². The molecule has 1 amide bonds. The molecule has 1 rings (SSSR count).